The van der Waals surface area contributed by atoms with E-state index < -0.39 is 0 Å². The standard InChI is InChI=1S/C25H28N6/c1-16(2)24-20-13-19(18-6-9-30(10-7-18)11-8-26)4-5-22(20)29-25(24)21-14-31-23(12-17(21)3)27-15-28-31/h4-5,12-16,18,29H,6-7,9-11H2,1-3H3. The molecule has 4 heterocycles. The number of H-pyrrole nitrogens is 1. The van der Waals surface area contributed by atoms with Gasteiger partial charge in [0.25, 0.3) is 0 Å². The normalized spacial score (nSPS) is 15.8. The number of fused-ring (bicyclic) bond motifs is 2. The minimum Gasteiger partial charge on any atom is -0.354 e. The van der Waals surface area contributed by atoms with Crippen LogP contribution in [0.2, 0.25) is 0 Å². The smallest absolute Gasteiger partial charge is 0.155 e. The molecule has 1 N–H and O–H groups in total. The lowest BCUT2D eigenvalue weighted by molar-refractivity contribution is 0.235. The second-order valence-electron chi connectivity index (χ2n) is 9.01. The molecule has 0 radical (unpaired) electrons. The second-order valence-corrected chi connectivity index (χ2v) is 9.01. The van der Waals surface area contributed by atoms with Crippen LogP contribution in [0, 0.1) is 18.3 Å². The number of aromatic nitrogens is 4. The number of aryl methyl sites for hydroxylation is 1. The van der Waals surface area contributed by atoms with Crippen molar-refractivity contribution < 1.29 is 0 Å². The van der Waals surface area contributed by atoms with Gasteiger partial charge in [-0.05, 0) is 79.6 Å². The van der Waals surface area contributed by atoms with Crippen LogP contribution >= 0.6 is 0 Å². The molecule has 0 aliphatic carbocycles. The highest BCUT2D eigenvalue weighted by Gasteiger charge is 2.23. The summed E-state index contributed by atoms with van der Waals surface area (Å²) in [6.07, 6.45) is 5.91. The lowest BCUT2D eigenvalue weighted by atomic mass is 9.87. The van der Waals surface area contributed by atoms with Gasteiger partial charge in [-0.15, -0.1) is 0 Å². The minimum absolute atomic E-state index is 0.391. The van der Waals surface area contributed by atoms with E-state index in [4.69, 9.17) is 5.26 Å². The number of nitrogens with one attached hydrogen (secondary N) is 1. The molecule has 6 nitrogen and oxygen atoms in total. The summed E-state index contributed by atoms with van der Waals surface area (Å²) in [7, 11) is 0. The summed E-state index contributed by atoms with van der Waals surface area (Å²) in [5.41, 5.74) is 8.38. The Morgan fingerprint density at radius 3 is 2.77 bits per heavy atom. The zero-order valence-electron chi connectivity index (χ0n) is 18.4. The molecule has 0 unspecified atom stereocenters. The molecule has 0 amide bonds. The summed E-state index contributed by atoms with van der Waals surface area (Å²) < 4.78 is 1.85. The Labute approximate surface area is 182 Å². The van der Waals surface area contributed by atoms with Crippen molar-refractivity contribution in [3.63, 3.8) is 0 Å². The van der Waals surface area contributed by atoms with E-state index in [1.807, 2.05) is 4.52 Å². The number of benzene rings is 1. The number of aromatic amines is 1. The second kappa shape index (κ2) is 7.82. The fraction of sp³-hybridized carbons (Fsp3) is 0.400. The molecule has 158 valence electrons. The van der Waals surface area contributed by atoms with Gasteiger partial charge in [0.2, 0.25) is 0 Å². The summed E-state index contributed by atoms with van der Waals surface area (Å²) in [4.78, 5) is 10.3. The van der Waals surface area contributed by atoms with E-state index in [-0.39, 0.29) is 0 Å². The van der Waals surface area contributed by atoms with Gasteiger partial charge in [-0.25, -0.2) is 9.50 Å². The first-order chi connectivity index (χ1) is 15.0. The SMILES string of the molecule is Cc1cc2ncnn2cc1-c1[nH]c2ccc(C3CCN(CC#N)CC3)cc2c1C(C)C. The summed E-state index contributed by atoms with van der Waals surface area (Å²) in [6.45, 7) is 9.22. The lowest BCUT2D eigenvalue weighted by Gasteiger charge is -2.30. The molecule has 0 atom stereocenters. The van der Waals surface area contributed by atoms with Gasteiger partial charge < -0.3 is 4.98 Å². The van der Waals surface area contributed by atoms with Crippen molar-refractivity contribution in [2.75, 3.05) is 19.6 Å². The van der Waals surface area contributed by atoms with Crippen LogP contribution in [0.4, 0.5) is 0 Å². The Balaban J connectivity index is 1.57. The summed E-state index contributed by atoms with van der Waals surface area (Å²) in [5, 5.41) is 14.6. The number of nitrogens with zero attached hydrogens (tertiary/aromatic N) is 5. The van der Waals surface area contributed by atoms with E-state index >= 15 is 0 Å². The molecule has 0 bridgehead atoms. The highest BCUT2D eigenvalue weighted by atomic mass is 15.3. The average Bonchev–Trinajstić information content (AvgIpc) is 3.37. The summed E-state index contributed by atoms with van der Waals surface area (Å²) in [6, 6.07) is 11.3. The average molecular weight is 413 g/mol. The number of piperidine rings is 1. The number of nitriles is 1. The van der Waals surface area contributed by atoms with Crippen molar-refractivity contribution in [2.24, 2.45) is 0 Å². The van der Waals surface area contributed by atoms with Gasteiger partial charge in [0, 0.05) is 22.7 Å². The van der Waals surface area contributed by atoms with Crippen LogP contribution < -0.4 is 0 Å². The van der Waals surface area contributed by atoms with Gasteiger partial charge in [-0.2, -0.15) is 10.4 Å². The molecule has 5 rings (SSSR count). The Bertz CT molecular complexity index is 1280. The zero-order valence-corrected chi connectivity index (χ0v) is 18.4. The molecule has 0 spiro atoms. The highest BCUT2D eigenvalue weighted by molar-refractivity contribution is 5.92. The van der Waals surface area contributed by atoms with Crippen LogP contribution in [0.1, 0.15) is 55.2 Å². The molecule has 1 aromatic carbocycles. The van der Waals surface area contributed by atoms with Gasteiger partial charge in [0.1, 0.15) is 6.33 Å². The molecule has 0 saturated carbocycles. The Kier molecular flexibility index (Phi) is 4.99. The Morgan fingerprint density at radius 1 is 1.23 bits per heavy atom. The van der Waals surface area contributed by atoms with Gasteiger partial charge in [-0.3, -0.25) is 4.90 Å². The highest BCUT2D eigenvalue weighted by Crippen LogP contribution is 2.39. The maximum absolute atomic E-state index is 8.96. The fourth-order valence-corrected chi connectivity index (χ4v) is 5.04. The van der Waals surface area contributed by atoms with Crippen molar-refractivity contribution in [1.29, 1.82) is 5.26 Å². The van der Waals surface area contributed by atoms with Gasteiger partial charge >= 0.3 is 0 Å². The van der Waals surface area contributed by atoms with Crippen LogP contribution in [0.15, 0.2) is 36.8 Å². The maximum Gasteiger partial charge on any atom is 0.155 e. The first-order valence-corrected chi connectivity index (χ1v) is 11.1. The molecule has 1 aliphatic heterocycles. The third-order valence-corrected chi connectivity index (χ3v) is 6.69. The monoisotopic (exact) mass is 412 g/mol. The van der Waals surface area contributed by atoms with Crippen molar-refractivity contribution in [3.05, 3.63) is 53.5 Å². The third-order valence-electron chi connectivity index (χ3n) is 6.69. The zero-order chi connectivity index (χ0) is 21.5. The maximum atomic E-state index is 8.96. The number of rotatable bonds is 4. The minimum atomic E-state index is 0.391. The van der Waals surface area contributed by atoms with E-state index in [1.54, 1.807) is 6.33 Å². The first kappa shape index (κ1) is 19.8. The van der Waals surface area contributed by atoms with Gasteiger partial charge in [0.05, 0.1) is 18.3 Å². The van der Waals surface area contributed by atoms with Gasteiger partial charge in [0.15, 0.2) is 5.65 Å². The summed E-state index contributed by atoms with van der Waals surface area (Å²) >= 11 is 0. The number of hydrogen-bond donors (Lipinski definition) is 1. The molecule has 3 aromatic heterocycles. The lowest BCUT2D eigenvalue weighted by Crippen LogP contribution is -2.33. The van der Waals surface area contributed by atoms with Crippen LogP contribution in [0.3, 0.4) is 0 Å². The number of hydrogen-bond acceptors (Lipinski definition) is 4. The van der Waals surface area contributed by atoms with Gasteiger partial charge in [-0.1, -0.05) is 19.9 Å². The molecule has 1 aliphatic rings. The predicted molar refractivity (Wildman–Crippen MR) is 123 cm³/mol. The van der Waals surface area contributed by atoms with E-state index in [2.05, 4.69) is 77.3 Å². The van der Waals surface area contributed by atoms with E-state index in [1.165, 1.54) is 38.9 Å². The Morgan fingerprint density at radius 2 is 2.03 bits per heavy atom. The van der Waals surface area contributed by atoms with Crippen LogP contribution in [0.5, 0.6) is 0 Å². The summed E-state index contributed by atoms with van der Waals surface area (Å²) in [5.74, 6) is 0.952. The Hall–Kier alpha value is -3.17. The van der Waals surface area contributed by atoms with Crippen molar-refractivity contribution in [1.82, 2.24) is 24.5 Å². The van der Waals surface area contributed by atoms with Crippen LogP contribution in [-0.4, -0.2) is 44.1 Å². The van der Waals surface area contributed by atoms with Crippen molar-refractivity contribution >= 4 is 16.6 Å². The van der Waals surface area contributed by atoms with Crippen molar-refractivity contribution in [3.8, 4) is 17.3 Å². The van der Waals surface area contributed by atoms with Crippen LogP contribution in [0.25, 0.3) is 27.8 Å². The van der Waals surface area contributed by atoms with E-state index in [0.29, 0.717) is 18.4 Å². The quantitative estimate of drug-likeness (QED) is 0.478. The molecule has 1 saturated heterocycles. The molecule has 6 heteroatoms. The van der Waals surface area contributed by atoms with Crippen LogP contribution in [-0.2, 0) is 0 Å². The third kappa shape index (κ3) is 3.49. The van der Waals surface area contributed by atoms with Crippen molar-refractivity contribution in [2.45, 2.75) is 45.4 Å². The molecular weight excluding hydrogens is 384 g/mol. The molecule has 4 aromatic rings. The topological polar surface area (TPSA) is 73.0 Å². The predicted octanol–water partition coefficient (Wildman–Crippen LogP) is 5.01. The largest absolute Gasteiger partial charge is 0.354 e. The molecule has 1 fully saturated rings. The van der Waals surface area contributed by atoms with E-state index in [9.17, 15) is 0 Å². The first-order valence-electron chi connectivity index (χ1n) is 11.1. The molecular formula is C25H28N6. The number of likely N-dealkylation sites (tertiary alicyclic amines) is 1. The number of pyridine rings is 1. The molecule has 31 heavy (non-hydrogen) atoms. The van der Waals surface area contributed by atoms with E-state index in [0.717, 1.165) is 31.6 Å². The fourth-order valence-electron chi connectivity index (χ4n) is 5.04.